The minimum atomic E-state index is -0.0235. The van der Waals surface area contributed by atoms with E-state index in [1.54, 1.807) is 4.90 Å². The quantitative estimate of drug-likeness (QED) is 0.901. The van der Waals surface area contributed by atoms with Gasteiger partial charge < -0.3 is 14.7 Å². The highest BCUT2D eigenvalue weighted by molar-refractivity contribution is 6.30. The van der Waals surface area contributed by atoms with Gasteiger partial charge in [0, 0.05) is 30.5 Å². The molecule has 1 aromatic heterocycles. The molecule has 4 rings (SSSR count). The van der Waals surface area contributed by atoms with Crippen LogP contribution >= 0.6 is 11.6 Å². The molecule has 2 unspecified atom stereocenters. The van der Waals surface area contributed by atoms with Gasteiger partial charge in [-0.05, 0) is 30.5 Å². The second-order valence-electron chi connectivity index (χ2n) is 6.52. The van der Waals surface area contributed by atoms with Crippen molar-refractivity contribution in [1.82, 2.24) is 20.4 Å². The summed E-state index contributed by atoms with van der Waals surface area (Å²) < 4.78 is 5.28. The van der Waals surface area contributed by atoms with Crippen LogP contribution in [0.25, 0.3) is 0 Å². The largest absolute Gasteiger partial charge is 0.339 e. The average molecular weight is 347 g/mol. The minimum absolute atomic E-state index is 0.00607. The molecule has 7 heteroatoms. The molecule has 24 heavy (non-hydrogen) atoms. The molecule has 1 aliphatic carbocycles. The summed E-state index contributed by atoms with van der Waals surface area (Å²) in [6, 6.07) is 7.63. The Kier molecular flexibility index (Phi) is 4.02. The summed E-state index contributed by atoms with van der Waals surface area (Å²) in [4.78, 5) is 18.4. The highest BCUT2D eigenvalue weighted by Gasteiger charge is 2.38. The van der Waals surface area contributed by atoms with Gasteiger partial charge in [-0.3, -0.25) is 4.79 Å². The third-order valence-electron chi connectivity index (χ3n) is 4.73. The lowest BCUT2D eigenvalue weighted by Crippen LogP contribution is -2.35. The first-order valence-electron chi connectivity index (χ1n) is 8.19. The Morgan fingerprint density at radius 1 is 1.33 bits per heavy atom. The SMILES string of the molecule is CN1C(=O)CC(NCc2noc(C3CC3)n2)C1c1ccc(Cl)cc1. The molecule has 0 radical (unpaired) electrons. The number of amides is 1. The number of benzene rings is 1. The zero-order chi connectivity index (χ0) is 16.7. The van der Waals surface area contributed by atoms with Gasteiger partial charge in [0.25, 0.3) is 0 Å². The lowest BCUT2D eigenvalue weighted by atomic mass is 10.0. The van der Waals surface area contributed by atoms with E-state index in [4.69, 9.17) is 16.1 Å². The number of halogens is 1. The van der Waals surface area contributed by atoms with E-state index in [1.165, 1.54) is 0 Å². The van der Waals surface area contributed by atoms with Gasteiger partial charge in [0.05, 0.1) is 12.6 Å². The van der Waals surface area contributed by atoms with Crippen molar-refractivity contribution in [3.8, 4) is 0 Å². The van der Waals surface area contributed by atoms with E-state index in [9.17, 15) is 4.79 Å². The number of aromatic nitrogens is 2. The first-order valence-corrected chi connectivity index (χ1v) is 8.56. The lowest BCUT2D eigenvalue weighted by Gasteiger charge is -2.25. The molecule has 2 aromatic rings. The van der Waals surface area contributed by atoms with E-state index in [-0.39, 0.29) is 18.0 Å². The number of carbonyl (C=O) groups is 1. The summed E-state index contributed by atoms with van der Waals surface area (Å²) in [6.07, 6.45) is 2.72. The molecule has 2 heterocycles. The number of likely N-dealkylation sites (N-methyl/N-ethyl adjacent to an activating group) is 1. The fraction of sp³-hybridized carbons (Fsp3) is 0.471. The summed E-state index contributed by atoms with van der Waals surface area (Å²) in [5.41, 5.74) is 1.07. The van der Waals surface area contributed by atoms with Gasteiger partial charge in [0.15, 0.2) is 5.82 Å². The fourth-order valence-electron chi connectivity index (χ4n) is 3.23. The van der Waals surface area contributed by atoms with Crippen molar-refractivity contribution >= 4 is 17.5 Å². The van der Waals surface area contributed by atoms with E-state index in [0.29, 0.717) is 29.7 Å². The second-order valence-corrected chi connectivity index (χ2v) is 6.95. The maximum atomic E-state index is 12.2. The summed E-state index contributed by atoms with van der Waals surface area (Å²) in [6.45, 7) is 0.492. The van der Waals surface area contributed by atoms with Crippen molar-refractivity contribution < 1.29 is 9.32 Å². The van der Waals surface area contributed by atoms with E-state index >= 15 is 0 Å². The van der Waals surface area contributed by atoms with E-state index in [0.717, 1.165) is 24.3 Å². The molecule has 1 saturated heterocycles. The van der Waals surface area contributed by atoms with Crippen LogP contribution in [0.4, 0.5) is 0 Å². The number of nitrogens with zero attached hydrogens (tertiary/aromatic N) is 3. The standard InChI is InChI=1S/C17H19ClN4O2/c1-22-15(23)8-13(16(22)10-4-6-12(18)7-5-10)19-9-14-20-17(24-21-14)11-2-3-11/h4-7,11,13,16,19H,2-3,8-9H2,1H3. The third-order valence-corrected chi connectivity index (χ3v) is 4.98. The Balaban J connectivity index is 1.47. The van der Waals surface area contributed by atoms with Crippen molar-refractivity contribution in [2.75, 3.05) is 7.05 Å². The van der Waals surface area contributed by atoms with Gasteiger partial charge in [0.1, 0.15) is 0 Å². The van der Waals surface area contributed by atoms with Crippen LogP contribution in [0.15, 0.2) is 28.8 Å². The molecule has 126 valence electrons. The molecule has 0 bridgehead atoms. The molecule has 2 fully saturated rings. The number of hydrogen-bond donors (Lipinski definition) is 1. The number of carbonyl (C=O) groups excluding carboxylic acids is 1. The highest BCUT2D eigenvalue weighted by Crippen LogP contribution is 2.39. The highest BCUT2D eigenvalue weighted by atomic mass is 35.5. The fourth-order valence-corrected chi connectivity index (χ4v) is 3.35. The monoisotopic (exact) mass is 346 g/mol. The van der Waals surface area contributed by atoms with Gasteiger partial charge in [-0.15, -0.1) is 0 Å². The first kappa shape index (κ1) is 15.6. The lowest BCUT2D eigenvalue weighted by molar-refractivity contribution is -0.127. The Morgan fingerprint density at radius 3 is 2.79 bits per heavy atom. The topological polar surface area (TPSA) is 71.3 Å². The van der Waals surface area contributed by atoms with Gasteiger partial charge in [-0.25, -0.2) is 0 Å². The number of hydrogen-bond acceptors (Lipinski definition) is 5. The van der Waals surface area contributed by atoms with Crippen LogP contribution in [0.5, 0.6) is 0 Å². The zero-order valence-electron chi connectivity index (χ0n) is 13.4. The number of likely N-dealkylation sites (tertiary alicyclic amines) is 1. The Bertz CT molecular complexity index is 741. The molecule has 1 aliphatic heterocycles. The van der Waals surface area contributed by atoms with Gasteiger partial charge in [0.2, 0.25) is 11.8 Å². The molecule has 2 atom stereocenters. The predicted octanol–water partition coefficient (Wildman–Crippen LogP) is 2.66. The van der Waals surface area contributed by atoms with Crippen LogP contribution in [0.2, 0.25) is 5.02 Å². The third kappa shape index (κ3) is 3.03. The van der Waals surface area contributed by atoms with Crippen LogP contribution in [0.3, 0.4) is 0 Å². The Labute approximate surface area is 145 Å². The molecule has 1 N–H and O–H groups in total. The average Bonchev–Trinajstić information content (AvgIpc) is 3.25. The van der Waals surface area contributed by atoms with Crippen molar-refractivity contribution in [3.63, 3.8) is 0 Å². The van der Waals surface area contributed by atoms with E-state index < -0.39 is 0 Å². The summed E-state index contributed by atoms with van der Waals surface area (Å²) in [5, 5.41) is 8.12. The van der Waals surface area contributed by atoms with Gasteiger partial charge in [-0.1, -0.05) is 28.9 Å². The molecule has 0 spiro atoms. The first-order chi connectivity index (χ1) is 11.6. The maximum absolute atomic E-state index is 12.2. The molecular weight excluding hydrogens is 328 g/mol. The normalized spacial score (nSPS) is 23.9. The molecular formula is C17H19ClN4O2. The molecule has 1 saturated carbocycles. The smallest absolute Gasteiger partial charge is 0.229 e. The van der Waals surface area contributed by atoms with Gasteiger partial charge >= 0.3 is 0 Å². The zero-order valence-corrected chi connectivity index (χ0v) is 14.2. The molecule has 6 nitrogen and oxygen atoms in total. The van der Waals surface area contributed by atoms with Crippen LogP contribution in [-0.2, 0) is 11.3 Å². The molecule has 2 aliphatic rings. The van der Waals surface area contributed by atoms with Crippen LogP contribution in [-0.4, -0.2) is 34.0 Å². The summed E-state index contributed by atoms with van der Waals surface area (Å²) >= 11 is 5.97. The Morgan fingerprint density at radius 2 is 2.08 bits per heavy atom. The Hall–Kier alpha value is -1.92. The van der Waals surface area contributed by atoms with Crippen molar-refractivity contribution in [2.45, 2.75) is 43.8 Å². The van der Waals surface area contributed by atoms with E-state index in [1.807, 2.05) is 31.3 Å². The predicted molar refractivity (Wildman–Crippen MR) is 88.5 cm³/mol. The van der Waals surface area contributed by atoms with Crippen LogP contribution in [0, 0.1) is 0 Å². The summed E-state index contributed by atoms with van der Waals surface area (Å²) in [5.74, 6) is 1.96. The summed E-state index contributed by atoms with van der Waals surface area (Å²) in [7, 11) is 1.84. The number of nitrogens with one attached hydrogen (secondary N) is 1. The second kappa shape index (κ2) is 6.18. The van der Waals surface area contributed by atoms with Crippen molar-refractivity contribution in [1.29, 1.82) is 0 Å². The minimum Gasteiger partial charge on any atom is -0.339 e. The van der Waals surface area contributed by atoms with Gasteiger partial charge in [-0.2, -0.15) is 4.98 Å². The van der Waals surface area contributed by atoms with E-state index in [2.05, 4.69) is 15.5 Å². The number of rotatable bonds is 5. The van der Waals surface area contributed by atoms with Crippen molar-refractivity contribution in [3.05, 3.63) is 46.6 Å². The molecule has 1 aromatic carbocycles. The molecule has 1 amide bonds. The van der Waals surface area contributed by atoms with Crippen molar-refractivity contribution in [2.24, 2.45) is 0 Å². The maximum Gasteiger partial charge on any atom is 0.229 e. The van der Waals surface area contributed by atoms with Crippen LogP contribution < -0.4 is 5.32 Å². The van der Waals surface area contributed by atoms with Crippen LogP contribution in [0.1, 0.15) is 48.5 Å².